The monoisotopic (exact) mass is 266 g/mol. The largest absolute Gasteiger partial charge is 0.444 e. The van der Waals surface area contributed by atoms with Gasteiger partial charge >= 0.3 is 0 Å². The Morgan fingerprint density at radius 2 is 2.16 bits per heavy atom. The van der Waals surface area contributed by atoms with Gasteiger partial charge in [-0.25, -0.2) is 4.98 Å². The molecule has 0 amide bonds. The van der Waals surface area contributed by atoms with Gasteiger partial charge in [0.05, 0.1) is 19.3 Å². The van der Waals surface area contributed by atoms with Crippen LogP contribution in [0.2, 0.25) is 0 Å². The summed E-state index contributed by atoms with van der Waals surface area (Å²) < 4.78 is 5.86. The smallest absolute Gasteiger partial charge is 0.208 e. The molecule has 2 rings (SSSR count). The van der Waals surface area contributed by atoms with E-state index in [1.807, 2.05) is 6.20 Å². The zero-order chi connectivity index (χ0) is 14.0. The van der Waals surface area contributed by atoms with Crippen molar-refractivity contribution in [2.75, 3.05) is 6.61 Å². The lowest BCUT2D eigenvalue weighted by Gasteiger charge is -2.39. The summed E-state index contributed by atoms with van der Waals surface area (Å²) in [6.07, 6.45) is 5.27. The predicted octanol–water partition coefficient (Wildman–Crippen LogP) is 2.71. The van der Waals surface area contributed by atoms with E-state index in [0.29, 0.717) is 12.6 Å². The number of rotatable bonds is 3. The fourth-order valence-corrected chi connectivity index (χ4v) is 2.71. The molecule has 19 heavy (non-hydrogen) atoms. The average Bonchev–Trinajstić information content (AvgIpc) is 2.80. The zero-order valence-corrected chi connectivity index (χ0v) is 12.5. The Kier molecular flexibility index (Phi) is 4.31. The quantitative estimate of drug-likeness (QED) is 0.914. The molecule has 0 aliphatic carbocycles. The van der Waals surface area contributed by atoms with Gasteiger partial charge in [0.25, 0.3) is 0 Å². The predicted molar refractivity (Wildman–Crippen MR) is 74.9 cm³/mol. The maximum Gasteiger partial charge on any atom is 0.208 e. The van der Waals surface area contributed by atoms with Gasteiger partial charge in [-0.3, -0.25) is 4.90 Å². The molecule has 1 aromatic heterocycles. The molecule has 4 heteroatoms. The van der Waals surface area contributed by atoms with Crippen LogP contribution in [0.1, 0.15) is 58.6 Å². The number of likely N-dealkylation sites (tertiary alicyclic amines) is 1. The van der Waals surface area contributed by atoms with Crippen molar-refractivity contribution >= 4 is 0 Å². The van der Waals surface area contributed by atoms with Gasteiger partial charge in [-0.1, -0.05) is 27.2 Å². The van der Waals surface area contributed by atoms with Gasteiger partial charge in [-0.15, -0.1) is 0 Å². The van der Waals surface area contributed by atoms with Gasteiger partial charge in [0.1, 0.15) is 5.76 Å². The van der Waals surface area contributed by atoms with Crippen molar-refractivity contribution in [1.29, 1.82) is 0 Å². The van der Waals surface area contributed by atoms with Gasteiger partial charge in [0.15, 0.2) is 0 Å². The third-order valence-electron chi connectivity index (χ3n) is 4.02. The third kappa shape index (κ3) is 3.37. The minimum absolute atomic E-state index is 0.00482. The first-order valence-electron chi connectivity index (χ1n) is 7.23. The molecule has 1 aromatic rings. The van der Waals surface area contributed by atoms with E-state index in [1.165, 1.54) is 12.8 Å². The Balaban J connectivity index is 2.08. The third-order valence-corrected chi connectivity index (χ3v) is 4.02. The summed E-state index contributed by atoms with van der Waals surface area (Å²) in [4.78, 5) is 6.71. The molecule has 1 fully saturated rings. The van der Waals surface area contributed by atoms with Gasteiger partial charge in [0.2, 0.25) is 5.89 Å². The van der Waals surface area contributed by atoms with Gasteiger partial charge in [-0.2, -0.15) is 0 Å². The molecule has 1 saturated heterocycles. The van der Waals surface area contributed by atoms with Crippen molar-refractivity contribution in [2.24, 2.45) is 0 Å². The highest BCUT2D eigenvalue weighted by atomic mass is 16.4. The SMILES string of the molecule is CC1CCCC(CO)N1Cc1ncc(C(C)(C)C)o1. The minimum atomic E-state index is -0.00482. The second-order valence-corrected chi connectivity index (χ2v) is 6.66. The Bertz CT molecular complexity index is 409. The van der Waals surface area contributed by atoms with E-state index in [1.54, 1.807) is 0 Å². The molecular formula is C15H26N2O2. The highest BCUT2D eigenvalue weighted by Crippen LogP contribution is 2.27. The fourth-order valence-electron chi connectivity index (χ4n) is 2.71. The van der Waals surface area contributed by atoms with Crippen LogP contribution in [-0.4, -0.2) is 33.7 Å². The van der Waals surface area contributed by atoms with Crippen LogP contribution in [0, 0.1) is 0 Å². The molecule has 108 valence electrons. The van der Waals surface area contributed by atoms with E-state index >= 15 is 0 Å². The molecule has 2 atom stereocenters. The van der Waals surface area contributed by atoms with Crippen molar-refractivity contribution < 1.29 is 9.52 Å². The number of aliphatic hydroxyl groups excluding tert-OH is 1. The first-order chi connectivity index (χ1) is 8.91. The zero-order valence-electron chi connectivity index (χ0n) is 12.5. The Morgan fingerprint density at radius 1 is 1.42 bits per heavy atom. The van der Waals surface area contributed by atoms with E-state index in [9.17, 15) is 5.11 Å². The van der Waals surface area contributed by atoms with Crippen LogP contribution in [0.25, 0.3) is 0 Å². The number of hydrogen-bond acceptors (Lipinski definition) is 4. The maximum absolute atomic E-state index is 9.50. The van der Waals surface area contributed by atoms with Crippen molar-refractivity contribution in [2.45, 2.75) is 71.0 Å². The normalized spacial score (nSPS) is 25.7. The number of piperidine rings is 1. The number of oxazole rings is 1. The summed E-state index contributed by atoms with van der Waals surface area (Å²) in [7, 11) is 0. The summed E-state index contributed by atoms with van der Waals surface area (Å²) in [5, 5.41) is 9.50. The summed E-state index contributed by atoms with van der Waals surface area (Å²) in [6.45, 7) is 9.50. The molecule has 2 unspecified atom stereocenters. The van der Waals surface area contributed by atoms with Crippen LogP contribution in [0.4, 0.5) is 0 Å². The molecule has 0 saturated carbocycles. The Morgan fingerprint density at radius 3 is 2.74 bits per heavy atom. The topological polar surface area (TPSA) is 49.5 Å². The highest BCUT2D eigenvalue weighted by molar-refractivity contribution is 5.06. The lowest BCUT2D eigenvalue weighted by molar-refractivity contribution is 0.0380. The fraction of sp³-hybridized carbons (Fsp3) is 0.800. The molecule has 0 spiro atoms. The minimum Gasteiger partial charge on any atom is -0.444 e. The van der Waals surface area contributed by atoms with Crippen LogP contribution in [0.3, 0.4) is 0 Å². The van der Waals surface area contributed by atoms with E-state index < -0.39 is 0 Å². The lowest BCUT2D eigenvalue weighted by atomic mass is 9.94. The van der Waals surface area contributed by atoms with Crippen molar-refractivity contribution in [3.05, 3.63) is 17.8 Å². The van der Waals surface area contributed by atoms with E-state index in [-0.39, 0.29) is 18.1 Å². The standard InChI is InChI=1S/C15H26N2O2/c1-11-6-5-7-12(10-18)17(11)9-14-16-8-13(19-14)15(2,3)4/h8,11-12,18H,5-7,9-10H2,1-4H3. The van der Waals surface area contributed by atoms with Gasteiger partial charge < -0.3 is 9.52 Å². The molecular weight excluding hydrogens is 240 g/mol. The van der Waals surface area contributed by atoms with E-state index in [2.05, 4.69) is 37.6 Å². The summed E-state index contributed by atoms with van der Waals surface area (Å²) in [5.74, 6) is 1.69. The second kappa shape index (κ2) is 5.63. The number of aromatic nitrogens is 1. The lowest BCUT2D eigenvalue weighted by Crippen LogP contribution is -2.46. The van der Waals surface area contributed by atoms with Gasteiger partial charge in [0, 0.05) is 17.5 Å². The first-order valence-corrected chi connectivity index (χ1v) is 7.23. The van der Waals surface area contributed by atoms with Crippen LogP contribution >= 0.6 is 0 Å². The Labute approximate surface area is 115 Å². The van der Waals surface area contributed by atoms with Crippen molar-refractivity contribution in [3.8, 4) is 0 Å². The molecule has 1 aliphatic heterocycles. The Hall–Kier alpha value is -0.870. The van der Waals surface area contributed by atoms with E-state index in [0.717, 1.165) is 18.1 Å². The van der Waals surface area contributed by atoms with E-state index in [4.69, 9.17) is 4.42 Å². The molecule has 4 nitrogen and oxygen atoms in total. The van der Waals surface area contributed by atoms with Crippen LogP contribution < -0.4 is 0 Å². The van der Waals surface area contributed by atoms with Crippen molar-refractivity contribution in [1.82, 2.24) is 9.88 Å². The van der Waals surface area contributed by atoms with Crippen LogP contribution in [0.15, 0.2) is 10.6 Å². The van der Waals surface area contributed by atoms with Crippen molar-refractivity contribution in [3.63, 3.8) is 0 Å². The summed E-state index contributed by atoms with van der Waals surface area (Å²) in [6, 6.07) is 0.727. The number of hydrogen-bond donors (Lipinski definition) is 1. The summed E-state index contributed by atoms with van der Waals surface area (Å²) in [5.41, 5.74) is -0.00482. The van der Waals surface area contributed by atoms with Crippen LogP contribution in [0.5, 0.6) is 0 Å². The number of aliphatic hydroxyl groups is 1. The second-order valence-electron chi connectivity index (χ2n) is 6.66. The van der Waals surface area contributed by atoms with Crippen LogP contribution in [-0.2, 0) is 12.0 Å². The molecule has 0 aromatic carbocycles. The number of nitrogens with zero attached hydrogens (tertiary/aromatic N) is 2. The average molecular weight is 266 g/mol. The molecule has 0 bridgehead atoms. The molecule has 1 aliphatic rings. The molecule has 1 N–H and O–H groups in total. The first kappa shape index (κ1) is 14.5. The summed E-state index contributed by atoms with van der Waals surface area (Å²) >= 11 is 0. The maximum atomic E-state index is 9.50. The highest BCUT2D eigenvalue weighted by Gasteiger charge is 2.29. The molecule has 0 radical (unpaired) electrons. The molecule has 2 heterocycles. The van der Waals surface area contributed by atoms with Gasteiger partial charge in [-0.05, 0) is 19.8 Å².